The number of benzene rings is 9. The smallest absolute Gasteiger partial charge is 0.213 e. The second-order valence-electron chi connectivity index (χ2n) is 14.9. The molecule has 0 fully saturated rings. The van der Waals surface area contributed by atoms with E-state index in [1.54, 1.807) is 0 Å². The Kier molecular flexibility index (Phi) is 7.40. The number of para-hydroxylation sites is 2. The van der Waals surface area contributed by atoms with Gasteiger partial charge in [0.1, 0.15) is 5.58 Å². The molecule has 3 nitrogen and oxygen atoms in total. The zero-order valence-corrected chi connectivity index (χ0v) is 32.2. The Morgan fingerprint density at radius 1 is 0.414 bits per heavy atom. The Morgan fingerprint density at radius 3 is 1.91 bits per heavy atom. The van der Waals surface area contributed by atoms with Gasteiger partial charge in [-0.3, -0.25) is 4.57 Å². The molecule has 0 atom stereocenters. The summed E-state index contributed by atoms with van der Waals surface area (Å²) >= 11 is 1.86. The van der Waals surface area contributed by atoms with Crippen LogP contribution in [0.15, 0.2) is 211 Å². The number of fused-ring (bicyclic) bond motifs is 9. The Labute approximate surface area is 338 Å². The maximum atomic E-state index is 6.57. The average molecular weight is 759 g/mol. The minimum Gasteiger partial charge on any atom is -0.439 e. The lowest BCUT2D eigenvalue weighted by Gasteiger charge is -2.26. The van der Waals surface area contributed by atoms with E-state index in [1.807, 2.05) is 17.4 Å². The lowest BCUT2D eigenvalue weighted by Crippen LogP contribution is -2.10. The van der Waals surface area contributed by atoms with Gasteiger partial charge < -0.3 is 9.32 Å². The molecule has 0 radical (unpaired) electrons. The monoisotopic (exact) mass is 758 g/mol. The van der Waals surface area contributed by atoms with Crippen molar-refractivity contribution < 1.29 is 4.42 Å². The molecule has 12 rings (SSSR count). The summed E-state index contributed by atoms with van der Waals surface area (Å²) in [6.45, 7) is 0. The molecule has 0 bridgehead atoms. The van der Waals surface area contributed by atoms with Gasteiger partial charge in [0.05, 0.1) is 10.9 Å². The largest absolute Gasteiger partial charge is 0.439 e. The minimum atomic E-state index is 0.860. The van der Waals surface area contributed by atoms with Gasteiger partial charge in [-0.2, -0.15) is 0 Å². The maximum Gasteiger partial charge on any atom is 0.213 e. The molecule has 0 N–H and O–H groups in total. The van der Waals surface area contributed by atoms with Crippen LogP contribution in [-0.2, 0) is 0 Å². The number of furan rings is 1. The van der Waals surface area contributed by atoms with Crippen molar-refractivity contribution in [2.24, 2.45) is 0 Å². The fraction of sp³-hybridized carbons (Fsp3) is 0. The molecule has 0 aliphatic rings. The van der Waals surface area contributed by atoms with Crippen LogP contribution in [0.25, 0.3) is 91.9 Å². The van der Waals surface area contributed by atoms with Crippen molar-refractivity contribution in [1.82, 2.24) is 4.57 Å². The topological polar surface area (TPSA) is 21.3 Å². The number of thiophene rings is 1. The standard InChI is InChI=1S/C54H34N2OS/c1-2-15-43-35(11-1)12-10-19-44(43)36-23-26-39(27-24-36)55(42-14-9-13-37(33-42)38-25-32-46-45-16-5-8-22-51(45)58-52(46)34-38)40-28-30-41(31-29-40)56-49-20-6-3-17-47(49)53-48-18-4-7-21-50(48)57-54(53)56/h1-34H. The molecule has 0 aliphatic carbocycles. The summed E-state index contributed by atoms with van der Waals surface area (Å²) in [6, 6.07) is 74.4. The number of hydrogen-bond donors (Lipinski definition) is 0. The molecule has 58 heavy (non-hydrogen) atoms. The van der Waals surface area contributed by atoms with Crippen molar-refractivity contribution >= 4 is 92.3 Å². The summed E-state index contributed by atoms with van der Waals surface area (Å²) in [6.07, 6.45) is 0. The van der Waals surface area contributed by atoms with Gasteiger partial charge in [0.15, 0.2) is 0 Å². The Morgan fingerprint density at radius 2 is 1.05 bits per heavy atom. The Hall–Kier alpha value is -7.40. The molecule has 0 spiro atoms. The van der Waals surface area contributed by atoms with E-state index in [4.69, 9.17) is 4.42 Å². The first-order valence-electron chi connectivity index (χ1n) is 19.7. The van der Waals surface area contributed by atoms with Crippen LogP contribution in [0, 0.1) is 0 Å². The fourth-order valence-electron chi connectivity index (χ4n) is 8.89. The van der Waals surface area contributed by atoms with Crippen LogP contribution in [0.2, 0.25) is 0 Å². The molecule has 3 heterocycles. The Balaban J connectivity index is 0.990. The molecule has 0 unspecified atom stereocenters. The molecule has 0 saturated heterocycles. The van der Waals surface area contributed by atoms with Crippen molar-refractivity contribution in [3.8, 4) is 27.9 Å². The van der Waals surface area contributed by atoms with Gasteiger partial charge in [-0.15, -0.1) is 11.3 Å². The van der Waals surface area contributed by atoms with E-state index in [0.717, 1.165) is 50.3 Å². The lowest BCUT2D eigenvalue weighted by molar-refractivity contribution is 0.645. The van der Waals surface area contributed by atoms with E-state index in [0.29, 0.717) is 0 Å². The first-order valence-corrected chi connectivity index (χ1v) is 20.5. The van der Waals surface area contributed by atoms with Gasteiger partial charge in [0.25, 0.3) is 0 Å². The first kappa shape index (κ1) is 32.8. The maximum absolute atomic E-state index is 6.57. The van der Waals surface area contributed by atoms with E-state index < -0.39 is 0 Å². The van der Waals surface area contributed by atoms with Gasteiger partial charge in [0.2, 0.25) is 5.71 Å². The van der Waals surface area contributed by atoms with Crippen LogP contribution in [0.1, 0.15) is 0 Å². The highest BCUT2D eigenvalue weighted by Gasteiger charge is 2.20. The van der Waals surface area contributed by atoms with Gasteiger partial charge >= 0.3 is 0 Å². The van der Waals surface area contributed by atoms with E-state index >= 15 is 0 Å². The minimum absolute atomic E-state index is 0.860. The third-order valence-electron chi connectivity index (χ3n) is 11.6. The summed E-state index contributed by atoms with van der Waals surface area (Å²) in [5.74, 6) is 0. The summed E-state index contributed by atoms with van der Waals surface area (Å²) < 4.78 is 11.4. The van der Waals surface area contributed by atoms with E-state index in [9.17, 15) is 0 Å². The second-order valence-corrected chi connectivity index (χ2v) is 16.0. The molecule has 9 aromatic carbocycles. The Bertz CT molecular complexity index is 3510. The molecular weight excluding hydrogens is 725 g/mol. The predicted molar refractivity (Wildman–Crippen MR) is 247 cm³/mol. The third kappa shape index (κ3) is 5.19. The average Bonchev–Trinajstić information content (AvgIpc) is 3.95. The highest BCUT2D eigenvalue weighted by molar-refractivity contribution is 7.25. The van der Waals surface area contributed by atoms with Crippen molar-refractivity contribution in [3.05, 3.63) is 206 Å². The number of aromatic nitrogens is 1. The van der Waals surface area contributed by atoms with Crippen LogP contribution in [0.5, 0.6) is 0 Å². The first-order chi connectivity index (χ1) is 28.7. The molecule has 3 aromatic heterocycles. The number of anilines is 3. The van der Waals surface area contributed by atoms with Gasteiger partial charge in [-0.1, -0.05) is 133 Å². The second kappa shape index (κ2) is 13.1. The van der Waals surface area contributed by atoms with Gasteiger partial charge in [0, 0.05) is 53.7 Å². The lowest BCUT2D eigenvalue weighted by atomic mass is 9.98. The molecular formula is C54H34N2OS. The summed E-state index contributed by atoms with van der Waals surface area (Å²) in [7, 11) is 0. The van der Waals surface area contributed by atoms with Crippen molar-refractivity contribution in [3.63, 3.8) is 0 Å². The highest BCUT2D eigenvalue weighted by Crippen LogP contribution is 2.42. The van der Waals surface area contributed by atoms with Gasteiger partial charge in [-0.25, -0.2) is 0 Å². The third-order valence-corrected chi connectivity index (χ3v) is 12.7. The summed E-state index contributed by atoms with van der Waals surface area (Å²) in [4.78, 5) is 2.36. The predicted octanol–water partition coefficient (Wildman–Crippen LogP) is 15.9. The molecule has 0 saturated carbocycles. The van der Waals surface area contributed by atoms with Crippen molar-refractivity contribution in [2.45, 2.75) is 0 Å². The van der Waals surface area contributed by atoms with E-state index in [2.05, 4.69) is 210 Å². The van der Waals surface area contributed by atoms with Crippen molar-refractivity contribution in [2.75, 3.05) is 4.90 Å². The SMILES string of the molecule is c1cc(-c2ccc3c(c2)sc2ccccc23)cc(N(c2ccc(-c3cccc4ccccc34)cc2)c2ccc(-n3c4ccccc4c4c5ccccc5oc43)cc2)c1. The zero-order chi connectivity index (χ0) is 38.2. The summed E-state index contributed by atoms with van der Waals surface area (Å²) in [5.41, 5.74) is 12.0. The summed E-state index contributed by atoms with van der Waals surface area (Å²) in [5, 5.41) is 8.59. The molecule has 0 aliphatic heterocycles. The zero-order valence-electron chi connectivity index (χ0n) is 31.3. The van der Waals surface area contributed by atoms with Crippen LogP contribution in [-0.4, -0.2) is 4.57 Å². The van der Waals surface area contributed by atoms with Crippen LogP contribution < -0.4 is 4.90 Å². The normalized spacial score (nSPS) is 11.8. The highest BCUT2D eigenvalue weighted by atomic mass is 32.1. The van der Waals surface area contributed by atoms with Gasteiger partial charge in [-0.05, 0) is 106 Å². The number of nitrogens with zero attached hydrogens (tertiary/aromatic N) is 2. The fourth-order valence-corrected chi connectivity index (χ4v) is 10.0. The van der Waals surface area contributed by atoms with Crippen LogP contribution in [0.3, 0.4) is 0 Å². The number of rotatable bonds is 6. The van der Waals surface area contributed by atoms with Crippen LogP contribution in [0.4, 0.5) is 17.1 Å². The molecule has 12 aromatic rings. The number of hydrogen-bond acceptors (Lipinski definition) is 3. The van der Waals surface area contributed by atoms with E-state index in [-0.39, 0.29) is 0 Å². The quantitative estimate of drug-likeness (QED) is 0.168. The van der Waals surface area contributed by atoms with Crippen molar-refractivity contribution in [1.29, 1.82) is 0 Å². The van der Waals surface area contributed by atoms with Crippen LogP contribution >= 0.6 is 11.3 Å². The molecule has 272 valence electrons. The molecule has 0 amide bonds. The van der Waals surface area contributed by atoms with E-state index in [1.165, 1.54) is 58.6 Å². The molecule has 4 heteroatoms.